The molecule has 0 rings (SSSR count). The lowest BCUT2D eigenvalue weighted by molar-refractivity contribution is -0.167. The minimum Gasteiger partial charge on any atom is -0.462 e. The van der Waals surface area contributed by atoms with Crippen LogP contribution in [0.15, 0.2) is 12.2 Å². The monoisotopic (exact) mass is 1000 g/mol. The van der Waals surface area contributed by atoms with Crippen molar-refractivity contribution in [1.82, 2.24) is 0 Å². The van der Waals surface area contributed by atoms with Crippen LogP contribution in [0, 0.1) is 0 Å². The summed E-state index contributed by atoms with van der Waals surface area (Å²) >= 11 is 0. The number of rotatable bonds is 60. The molecule has 0 aliphatic carbocycles. The summed E-state index contributed by atoms with van der Waals surface area (Å²) in [6.07, 6.45) is 71.0. The lowest BCUT2D eigenvalue weighted by atomic mass is 10.0. The Balaban J connectivity index is 4.09. The Hall–Kier alpha value is -1.85. The third-order valence-corrected chi connectivity index (χ3v) is 14.8. The average molecular weight is 1000 g/mol. The molecular formula is C65H124O6. The van der Waals surface area contributed by atoms with Crippen LogP contribution in [0.25, 0.3) is 0 Å². The second kappa shape index (κ2) is 60.7. The van der Waals surface area contributed by atoms with Crippen molar-refractivity contribution in [2.24, 2.45) is 0 Å². The van der Waals surface area contributed by atoms with E-state index < -0.39 is 6.10 Å². The predicted molar refractivity (Wildman–Crippen MR) is 307 cm³/mol. The van der Waals surface area contributed by atoms with Gasteiger partial charge >= 0.3 is 17.9 Å². The number of carbonyl (C=O) groups excluding carboxylic acids is 3. The molecule has 0 amide bonds. The van der Waals surface area contributed by atoms with E-state index in [0.717, 1.165) is 57.8 Å². The van der Waals surface area contributed by atoms with Gasteiger partial charge in [-0.3, -0.25) is 14.4 Å². The highest BCUT2D eigenvalue weighted by atomic mass is 16.6. The molecule has 0 bridgehead atoms. The normalized spacial score (nSPS) is 12.0. The van der Waals surface area contributed by atoms with Crippen LogP contribution in [0.2, 0.25) is 0 Å². The highest BCUT2D eigenvalue weighted by molar-refractivity contribution is 5.71. The minimum absolute atomic E-state index is 0.0658. The van der Waals surface area contributed by atoms with Crippen molar-refractivity contribution in [3.8, 4) is 0 Å². The van der Waals surface area contributed by atoms with Crippen molar-refractivity contribution in [2.45, 2.75) is 374 Å². The van der Waals surface area contributed by atoms with Gasteiger partial charge in [-0.25, -0.2) is 0 Å². The van der Waals surface area contributed by atoms with E-state index in [1.807, 2.05) is 0 Å². The van der Waals surface area contributed by atoms with Gasteiger partial charge in [-0.2, -0.15) is 0 Å². The van der Waals surface area contributed by atoms with E-state index >= 15 is 0 Å². The number of unbranched alkanes of at least 4 members (excludes halogenated alkanes) is 47. The number of hydrogen-bond acceptors (Lipinski definition) is 6. The summed E-state index contributed by atoms with van der Waals surface area (Å²) in [5.41, 5.74) is 0. The molecule has 0 aliphatic rings. The minimum atomic E-state index is -0.767. The van der Waals surface area contributed by atoms with Gasteiger partial charge in [0.2, 0.25) is 0 Å². The van der Waals surface area contributed by atoms with E-state index in [0.29, 0.717) is 19.3 Å². The zero-order valence-corrected chi connectivity index (χ0v) is 48.3. The van der Waals surface area contributed by atoms with Crippen LogP contribution < -0.4 is 0 Å². The lowest BCUT2D eigenvalue weighted by Gasteiger charge is -2.18. The topological polar surface area (TPSA) is 78.9 Å². The van der Waals surface area contributed by atoms with Gasteiger partial charge in [0.1, 0.15) is 13.2 Å². The number of hydrogen-bond donors (Lipinski definition) is 0. The summed E-state index contributed by atoms with van der Waals surface area (Å²) in [7, 11) is 0. The molecule has 0 saturated carbocycles. The van der Waals surface area contributed by atoms with Crippen LogP contribution in [-0.2, 0) is 28.6 Å². The first kappa shape index (κ1) is 69.2. The summed E-state index contributed by atoms with van der Waals surface area (Å²) in [6.45, 7) is 6.68. The van der Waals surface area contributed by atoms with E-state index in [9.17, 15) is 14.4 Å². The van der Waals surface area contributed by atoms with E-state index in [2.05, 4.69) is 32.9 Å². The summed E-state index contributed by atoms with van der Waals surface area (Å²) in [5.74, 6) is -0.847. The number of allylic oxidation sites excluding steroid dienone is 2. The Kier molecular flexibility index (Phi) is 59.1. The maximum absolute atomic E-state index is 12.9. The zero-order valence-electron chi connectivity index (χ0n) is 48.3. The van der Waals surface area contributed by atoms with Crippen LogP contribution in [0.1, 0.15) is 367 Å². The first-order valence-corrected chi connectivity index (χ1v) is 32.2. The first-order chi connectivity index (χ1) is 35.0. The van der Waals surface area contributed by atoms with Gasteiger partial charge in [-0.1, -0.05) is 315 Å². The molecule has 1 unspecified atom stereocenters. The molecule has 6 nitrogen and oxygen atoms in total. The first-order valence-electron chi connectivity index (χ1n) is 32.2. The Morgan fingerprint density at radius 2 is 0.465 bits per heavy atom. The quantitative estimate of drug-likeness (QED) is 0.0261. The molecule has 420 valence electrons. The molecule has 0 spiro atoms. The SMILES string of the molecule is CCCCCCCC/C=C\CCCCCCCCCC(=O)OC(COC(=O)CCCCCCCCCCC)COC(=O)CCCCCCCCCCCCCCCCCCCCCCCCCCCCC. The largest absolute Gasteiger partial charge is 0.462 e. The Bertz CT molecular complexity index is 1100. The molecule has 0 N–H and O–H groups in total. The summed E-state index contributed by atoms with van der Waals surface area (Å²) in [4.78, 5) is 38.1. The fourth-order valence-electron chi connectivity index (χ4n) is 9.91. The summed E-state index contributed by atoms with van der Waals surface area (Å²) in [6, 6.07) is 0. The third-order valence-electron chi connectivity index (χ3n) is 14.8. The fraction of sp³-hybridized carbons (Fsp3) is 0.923. The molecule has 0 heterocycles. The fourth-order valence-corrected chi connectivity index (χ4v) is 9.91. The highest BCUT2D eigenvalue weighted by Gasteiger charge is 2.19. The van der Waals surface area contributed by atoms with Crippen LogP contribution in [-0.4, -0.2) is 37.2 Å². The Morgan fingerprint density at radius 3 is 0.704 bits per heavy atom. The van der Waals surface area contributed by atoms with Crippen LogP contribution >= 0.6 is 0 Å². The highest BCUT2D eigenvalue weighted by Crippen LogP contribution is 2.18. The molecule has 6 heteroatoms. The molecule has 0 aromatic rings. The van der Waals surface area contributed by atoms with Crippen molar-refractivity contribution >= 4 is 17.9 Å². The average Bonchev–Trinajstić information content (AvgIpc) is 3.37. The van der Waals surface area contributed by atoms with E-state index in [1.54, 1.807) is 0 Å². The van der Waals surface area contributed by atoms with Gasteiger partial charge in [-0.05, 0) is 44.9 Å². The maximum Gasteiger partial charge on any atom is 0.306 e. The van der Waals surface area contributed by atoms with Gasteiger partial charge in [0.05, 0.1) is 0 Å². The summed E-state index contributed by atoms with van der Waals surface area (Å²) in [5, 5.41) is 0. The van der Waals surface area contributed by atoms with Crippen molar-refractivity contribution in [3.05, 3.63) is 12.2 Å². The van der Waals surface area contributed by atoms with Gasteiger partial charge in [0.25, 0.3) is 0 Å². The molecule has 71 heavy (non-hydrogen) atoms. The van der Waals surface area contributed by atoms with E-state index in [1.165, 1.54) is 270 Å². The molecule has 0 aromatic carbocycles. The number of carbonyl (C=O) groups is 3. The second-order valence-corrected chi connectivity index (χ2v) is 22.0. The van der Waals surface area contributed by atoms with Crippen LogP contribution in [0.3, 0.4) is 0 Å². The van der Waals surface area contributed by atoms with Crippen LogP contribution in [0.5, 0.6) is 0 Å². The van der Waals surface area contributed by atoms with Gasteiger partial charge in [0, 0.05) is 19.3 Å². The molecule has 0 aliphatic heterocycles. The molecule has 0 fully saturated rings. The van der Waals surface area contributed by atoms with Crippen LogP contribution in [0.4, 0.5) is 0 Å². The summed E-state index contributed by atoms with van der Waals surface area (Å²) < 4.78 is 16.9. The van der Waals surface area contributed by atoms with Gasteiger partial charge < -0.3 is 14.2 Å². The van der Waals surface area contributed by atoms with Gasteiger partial charge in [0.15, 0.2) is 6.10 Å². The third kappa shape index (κ3) is 58.9. The molecule has 0 saturated heterocycles. The molecule has 0 aromatic heterocycles. The van der Waals surface area contributed by atoms with E-state index in [-0.39, 0.29) is 31.1 Å². The van der Waals surface area contributed by atoms with Crippen molar-refractivity contribution in [2.75, 3.05) is 13.2 Å². The predicted octanol–water partition coefficient (Wildman–Crippen LogP) is 21.7. The van der Waals surface area contributed by atoms with E-state index in [4.69, 9.17) is 14.2 Å². The zero-order chi connectivity index (χ0) is 51.4. The lowest BCUT2D eigenvalue weighted by Crippen LogP contribution is -2.30. The molecular weight excluding hydrogens is 877 g/mol. The van der Waals surface area contributed by atoms with Crippen molar-refractivity contribution in [1.29, 1.82) is 0 Å². The van der Waals surface area contributed by atoms with Crippen molar-refractivity contribution in [3.63, 3.8) is 0 Å². The maximum atomic E-state index is 12.9. The smallest absolute Gasteiger partial charge is 0.306 e. The van der Waals surface area contributed by atoms with Gasteiger partial charge in [-0.15, -0.1) is 0 Å². The molecule has 1 atom stereocenters. The second-order valence-electron chi connectivity index (χ2n) is 22.0. The standard InChI is InChI=1S/C65H124O6/c1-4-7-10-13-16-19-21-23-25-27-28-29-30-31-32-33-34-35-36-38-39-41-43-46-49-52-55-58-64(67)70-61-62(60-69-63(66)57-54-51-48-45-18-15-12-9-6-3)71-65(68)59-56-53-50-47-44-42-40-37-26-24-22-20-17-14-11-8-5-2/h24,26,62H,4-23,25,27-61H2,1-3H3/b26-24-. The number of ether oxygens (including phenoxy) is 3. The van der Waals surface area contributed by atoms with Crippen molar-refractivity contribution < 1.29 is 28.6 Å². The Labute approximate surface area is 443 Å². The Morgan fingerprint density at radius 1 is 0.268 bits per heavy atom. The number of esters is 3. The molecule has 0 radical (unpaired) electrons.